The molecule has 0 bridgehead atoms. The molecule has 3 N–H and O–H groups in total. The molecule has 0 amide bonds. The Morgan fingerprint density at radius 3 is 2.30 bits per heavy atom. The number of aryl methyl sites for hydroxylation is 2. The summed E-state index contributed by atoms with van der Waals surface area (Å²) in [4.78, 5) is 4.72. The van der Waals surface area contributed by atoms with Crippen LogP contribution in [0.3, 0.4) is 0 Å². The van der Waals surface area contributed by atoms with Crippen molar-refractivity contribution in [2.24, 2.45) is 0 Å². The average Bonchev–Trinajstić information content (AvgIpc) is 2.56. The first-order valence-corrected chi connectivity index (χ1v) is 7.56. The highest BCUT2D eigenvalue weighted by atomic mass is 19.1. The van der Waals surface area contributed by atoms with Crippen LogP contribution in [0.25, 0.3) is 10.9 Å². The first-order valence-electron chi connectivity index (χ1n) is 7.56. The van der Waals surface area contributed by atoms with Gasteiger partial charge >= 0.3 is 0 Å². The summed E-state index contributed by atoms with van der Waals surface area (Å²) in [5, 5.41) is 1.11. The molecule has 2 aromatic carbocycles. The van der Waals surface area contributed by atoms with Crippen molar-refractivity contribution < 1.29 is 9.13 Å². The zero-order valence-corrected chi connectivity index (χ0v) is 13.5. The van der Waals surface area contributed by atoms with Gasteiger partial charge in [-0.1, -0.05) is 32.0 Å². The van der Waals surface area contributed by atoms with E-state index in [-0.39, 0.29) is 12.0 Å². The summed E-state index contributed by atoms with van der Waals surface area (Å²) in [6.07, 6.45) is 1.64. The number of rotatable bonds is 4. The summed E-state index contributed by atoms with van der Waals surface area (Å²) in [7, 11) is 0. The predicted octanol–water partition coefficient (Wildman–Crippen LogP) is 5.45. The number of hydrogen-bond acceptors (Lipinski definition) is 3. The lowest BCUT2D eigenvalue weighted by Crippen LogP contribution is -2.00. The van der Waals surface area contributed by atoms with E-state index in [4.69, 9.17) is 9.72 Å². The molecule has 0 aliphatic heterocycles. The van der Waals surface area contributed by atoms with Gasteiger partial charge in [0.05, 0.1) is 11.2 Å². The van der Waals surface area contributed by atoms with Gasteiger partial charge in [-0.05, 0) is 43.2 Å². The van der Waals surface area contributed by atoms with Crippen molar-refractivity contribution in [1.29, 1.82) is 0 Å². The molecule has 0 aliphatic carbocycles. The molecule has 0 saturated carbocycles. The van der Waals surface area contributed by atoms with Crippen molar-refractivity contribution in [2.45, 2.75) is 26.7 Å². The van der Waals surface area contributed by atoms with Gasteiger partial charge in [0.2, 0.25) is 0 Å². The minimum Gasteiger partial charge on any atom is -0.455 e. The molecule has 1 aromatic heterocycles. The predicted molar refractivity (Wildman–Crippen MR) is 92.0 cm³/mol. The summed E-state index contributed by atoms with van der Waals surface area (Å²) in [5.41, 5.74) is 3.06. The highest BCUT2D eigenvalue weighted by molar-refractivity contribution is 5.85. The number of ether oxygens (including phenoxy) is 1. The molecule has 0 radical (unpaired) electrons. The molecular formula is C19H21FN2O. The lowest BCUT2D eigenvalue weighted by molar-refractivity contribution is 0.467. The third-order valence-electron chi connectivity index (χ3n) is 3.74. The molecule has 0 spiro atoms. The molecule has 1 heterocycles. The van der Waals surface area contributed by atoms with Crippen molar-refractivity contribution in [3.63, 3.8) is 0 Å². The molecule has 3 aromatic rings. The molecule has 120 valence electrons. The van der Waals surface area contributed by atoms with Crippen LogP contribution in [0, 0.1) is 5.82 Å². The van der Waals surface area contributed by atoms with E-state index in [9.17, 15) is 4.39 Å². The van der Waals surface area contributed by atoms with Crippen molar-refractivity contribution in [2.75, 3.05) is 0 Å². The molecule has 4 heteroatoms. The maximum absolute atomic E-state index is 13.1. The van der Waals surface area contributed by atoms with Crippen molar-refractivity contribution in [3.8, 4) is 11.5 Å². The summed E-state index contributed by atoms with van der Waals surface area (Å²) in [5.74, 6) is 1.16. The van der Waals surface area contributed by atoms with Crippen LogP contribution < -0.4 is 10.9 Å². The molecule has 0 saturated heterocycles. The molecular weight excluding hydrogens is 291 g/mol. The second-order valence-electron chi connectivity index (χ2n) is 5.15. The zero-order chi connectivity index (χ0) is 15.5. The lowest BCUT2D eigenvalue weighted by Gasteiger charge is -2.16. The highest BCUT2D eigenvalue weighted by Gasteiger charge is 2.15. The zero-order valence-electron chi connectivity index (χ0n) is 13.5. The number of halogens is 1. The Morgan fingerprint density at radius 2 is 1.65 bits per heavy atom. The normalized spacial score (nSPS) is 10.4. The van der Waals surface area contributed by atoms with Crippen LogP contribution >= 0.6 is 0 Å². The fraction of sp³-hybridized carbons (Fsp3) is 0.211. The second-order valence-corrected chi connectivity index (χ2v) is 5.15. The highest BCUT2D eigenvalue weighted by Crippen LogP contribution is 2.34. The number of benzene rings is 2. The maximum atomic E-state index is 13.1. The van der Waals surface area contributed by atoms with Gasteiger partial charge in [-0.15, -0.1) is 0 Å². The van der Waals surface area contributed by atoms with Crippen molar-refractivity contribution in [3.05, 3.63) is 65.6 Å². The van der Waals surface area contributed by atoms with E-state index in [2.05, 4.69) is 19.9 Å². The van der Waals surface area contributed by atoms with Gasteiger partial charge in [0.25, 0.3) is 0 Å². The van der Waals surface area contributed by atoms with Gasteiger partial charge in [0.1, 0.15) is 11.6 Å². The minimum absolute atomic E-state index is 0. The average molecular weight is 312 g/mol. The van der Waals surface area contributed by atoms with Gasteiger partial charge in [-0.3, -0.25) is 0 Å². The summed E-state index contributed by atoms with van der Waals surface area (Å²) >= 11 is 0. The van der Waals surface area contributed by atoms with E-state index in [1.54, 1.807) is 12.1 Å². The fourth-order valence-corrected chi connectivity index (χ4v) is 2.65. The largest absolute Gasteiger partial charge is 0.455 e. The van der Waals surface area contributed by atoms with Crippen LogP contribution in [0.2, 0.25) is 0 Å². The van der Waals surface area contributed by atoms with Crippen LogP contribution in [0.4, 0.5) is 4.39 Å². The van der Waals surface area contributed by atoms with E-state index < -0.39 is 0 Å². The molecule has 0 aliphatic rings. The Morgan fingerprint density at radius 1 is 0.957 bits per heavy atom. The molecule has 0 unspecified atom stereocenters. The Labute approximate surface area is 135 Å². The first kappa shape index (κ1) is 16.9. The maximum Gasteiger partial charge on any atom is 0.152 e. The number of aromatic nitrogens is 1. The standard InChI is InChI=1S/C19H18FNO.H3N/c1-3-15-16-7-5-6-8-18(16)21-17(4-2)19(15)22-14-11-9-13(20)10-12-14;/h5-12H,3-4H2,1-2H3;1H3. The van der Waals surface area contributed by atoms with Crippen molar-refractivity contribution in [1.82, 2.24) is 11.1 Å². The Hall–Kier alpha value is -2.46. The molecule has 0 fully saturated rings. The van der Waals surface area contributed by atoms with Crippen LogP contribution in [-0.2, 0) is 12.8 Å². The number of fused-ring (bicyclic) bond motifs is 1. The number of pyridine rings is 1. The first-order chi connectivity index (χ1) is 10.7. The van der Waals surface area contributed by atoms with Gasteiger partial charge in [0, 0.05) is 10.9 Å². The smallest absolute Gasteiger partial charge is 0.152 e. The third kappa shape index (κ3) is 3.32. The van der Waals surface area contributed by atoms with Gasteiger partial charge in [-0.2, -0.15) is 0 Å². The summed E-state index contributed by atoms with van der Waals surface area (Å²) in [6, 6.07) is 14.2. The van der Waals surface area contributed by atoms with Gasteiger partial charge in [-0.25, -0.2) is 9.37 Å². The topological polar surface area (TPSA) is 57.1 Å². The minimum atomic E-state index is -0.268. The monoisotopic (exact) mass is 312 g/mol. The third-order valence-corrected chi connectivity index (χ3v) is 3.74. The SMILES string of the molecule is CCc1nc2ccccc2c(CC)c1Oc1ccc(F)cc1.N. The quantitative estimate of drug-likeness (QED) is 0.696. The summed E-state index contributed by atoms with van der Waals surface area (Å²) in [6.45, 7) is 4.17. The van der Waals surface area contributed by atoms with Gasteiger partial charge < -0.3 is 10.9 Å². The number of hydrogen-bond donors (Lipinski definition) is 1. The Kier molecular flexibility index (Phi) is 5.29. The Balaban J connectivity index is 0.00000192. The van der Waals surface area contributed by atoms with Crippen LogP contribution in [0.15, 0.2) is 48.5 Å². The van der Waals surface area contributed by atoms with Crippen molar-refractivity contribution >= 4 is 10.9 Å². The fourth-order valence-electron chi connectivity index (χ4n) is 2.65. The molecule has 3 rings (SSSR count). The molecule has 0 atom stereocenters. The van der Waals surface area contributed by atoms with E-state index in [1.807, 2.05) is 18.2 Å². The summed E-state index contributed by atoms with van der Waals surface area (Å²) < 4.78 is 19.1. The van der Waals surface area contributed by atoms with E-state index in [1.165, 1.54) is 12.1 Å². The van der Waals surface area contributed by atoms with Crippen LogP contribution in [0.1, 0.15) is 25.1 Å². The van der Waals surface area contributed by atoms with E-state index in [0.717, 1.165) is 40.8 Å². The second kappa shape index (κ2) is 7.20. The van der Waals surface area contributed by atoms with Gasteiger partial charge in [0.15, 0.2) is 5.75 Å². The number of para-hydroxylation sites is 1. The van der Waals surface area contributed by atoms with E-state index >= 15 is 0 Å². The van der Waals surface area contributed by atoms with Crippen LogP contribution in [0.5, 0.6) is 11.5 Å². The molecule has 23 heavy (non-hydrogen) atoms. The lowest BCUT2D eigenvalue weighted by atomic mass is 10.0. The van der Waals surface area contributed by atoms with E-state index in [0.29, 0.717) is 5.75 Å². The number of nitrogens with zero attached hydrogens (tertiary/aromatic N) is 1. The van der Waals surface area contributed by atoms with Crippen LogP contribution in [-0.4, -0.2) is 4.98 Å². The Bertz CT molecular complexity index is 800. The molecule has 3 nitrogen and oxygen atoms in total.